The number of likely N-dealkylation sites (tertiary alicyclic amines) is 1. The molecule has 2 fully saturated rings. The van der Waals surface area contributed by atoms with E-state index in [1.165, 1.54) is 32.4 Å². The van der Waals surface area contributed by atoms with Crippen LogP contribution in [0.1, 0.15) is 31.7 Å². The van der Waals surface area contributed by atoms with Gasteiger partial charge in [0.25, 0.3) is 0 Å². The molecule has 0 aliphatic carbocycles. The van der Waals surface area contributed by atoms with Crippen LogP contribution in [0, 0.1) is 0 Å². The molecule has 2 saturated heterocycles. The van der Waals surface area contributed by atoms with Crippen LogP contribution in [0.25, 0.3) is 0 Å². The molecule has 4 rings (SSSR count). The molecule has 190 valence electrons. The van der Waals surface area contributed by atoms with Crippen molar-refractivity contribution >= 4 is 5.91 Å². The van der Waals surface area contributed by atoms with Crippen molar-refractivity contribution in [3.63, 3.8) is 0 Å². The van der Waals surface area contributed by atoms with Crippen LogP contribution in [0.3, 0.4) is 0 Å². The Morgan fingerprint density at radius 2 is 1.66 bits per heavy atom. The van der Waals surface area contributed by atoms with Crippen molar-refractivity contribution in [1.82, 2.24) is 14.7 Å². The fourth-order valence-corrected chi connectivity index (χ4v) is 4.94. The van der Waals surface area contributed by atoms with Gasteiger partial charge in [-0.2, -0.15) is 0 Å². The number of benzene rings is 2. The predicted molar refractivity (Wildman–Crippen MR) is 137 cm³/mol. The summed E-state index contributed by atoms with van der Waals surface area (Å²) in [4.78, 5) is 18.6. The molecule has 0 spiro atoms. The van der Waals surface area contributed by atoms with Gasteiger partial charge in [-0.15, -0.1) is 0 Å². The molecule has 7 heteroatoms. The Labute approximate surface area is 209 Å². The third-order valence-electron chi connectivity index (χ3n) is 6.81. The van der Waals surface area contributed by atoms with E-state index < -0.39 is 5.60 Å². The van der Waals surface area contributed by atoms with Gasteiger partial charge in [0.05, 0.1) is 6.54 Å². The molecular formula is C28H39N3O4. The Kier molecular flexibility index (Phi) is 9.01. The second-order valence-corrected chi connectivity index (χ2v) is 9.88. The Morgan fingerprint density at radius 1 is 0.886 bits per heavy atom. The van der Waals surface area contributed by atoms with Crippen LogP contribution in [0.2, 0.25) is 0 Å². The van der Waals surface area contributed by atoms with Gasteiger partial charge in [-0.05, 0) is 55.8 Å². The van der Waals surface area contributed by atoms with Gasteiger partial charge in [0, 0.05) is 39.6 Å². The molecule has 0 aromatic heterocycles. The van der Waals surface area contributed by atoms with Gasteiger partial charge in [0.2, 0.25) is 5.91 Å². The first kappa shape index (κ1) is 25.5. The summed E-state index contributed by atoms with van der Waals surface area (Å²) in [5, 5.41) is 11.5. The number of hydrogen-bond acceptors (Lipinski definition) is 6. The smallest absolute Gasteiger partial charge is 0.219 e. The molecule has 7 nitrogen and oxygen atoms in total. The van der Waals surface area contributed by atoms with Gasteiger partial charge in [-0.3, -0.25) is 14.6 Å². The van der Waals surface area contributed by atoms with Crippen molar-refractivity contribution in [2.75, 3.05) is 59.0 Å². The topological polar surface area (TPSA) is 65.5 Å². The molecule has 1 N–H and O–H groups in total. The molecule has 0 unspecified atom stereocenters. The molecule has 1 atom stereocenters. The maximum atomic E-state index is 12.2. The molecule has 0 radical (unpaired) electrons. The number of aliphatic hydroxyl groups is 1. The van der Waals surface area contributed by atoms with E-state index in [0.29, 0.717) is 38.5 Å². The molecule has 0 bridgehead atoms. The normalized spacial score (nSPS) is 21.9. The molecule has 2 aromatic rings. The third-order valence-corrected chi connectivity index (χ3v) is 6.81. The summed E-state index contributed by atoms with van der Waals surface area (Å²) in [6.45, 7) is 8.29. The first-order chi connectivity index (χ1) is 17.0. The number of β-amino-alcohol motifs (C(OH)–C–C–N with tert-alkyl or cyclic N) is 1. The molecule has 1 amide bonds. The van der Waals surface area contributed by atoms with E-state index in [2.05, 4.69) is 21.9 Å². The summed E-state index contributed by atoms with van der Waals surface area (Å²) in [5.74, 6) is 1.55. The average Bonchev–Trinajstić information content (AvgIpc) is 3.03. The van der Waals surface area contributed by atoms with E-state index >= 15 is 0 Å². The predicted octanol–water partition coefficient (Wildman–Crippen LogP) is 3.03. The first-order valence-corrected chi connectivity index (χ1v) is 12.8. The molecule has 2 aliphatic rings. The number of hydrogen-bond donors (Lipinski definition) is 1. The molecule has 35 heavy (non-hydrogen) atoms. The summed E-state index contributed by atoms with van der Waals surface area (Å²) in [5.41, 5.74) is -0.0383. The largest absolute Gasteiger partial charge is 0.492 e. The van der Waals surface area contributed by atoms with E-state index in [1.54, 1.807) is 11.8 Å². The summed E-state index contributed by atoms with van der Waals surface area (Å²) in [6.07, 6.45) is 3.91. The number of nitrogens with zero attached hydrogens (tertiary/aromatic N) is 3. The Balaban J connectivity index is 1.36. The summed E-state index contributed by atoms with van der Waals surface area (Å²) in [7, 11) is 0. The van der Waals surface area contributed by atoms with Gasteiger partial charge in [-0.1, -0.05) is 36.8 Å². The zero-order valence-electron chi connectivity index (χ0n) is 20.9. The third kappa shape index (κ3) is 7.95. The van der Waals surface area contributed by atoms with Crippen LogP contribution in [-0.4, -0.2) is 90.3 Å². The van der Waals surface area contributed by atoms with Gasteiger partial charge in [0.15, 0.2) is 0 Å². The van der Waals surface area contributed by atoms with E-state index in [9.17, 15) is 9.90 Å². The fourth-order valence-electron chi connectivity index (χ4n) is 4.94. The van der Waals surface area contributed by atoms with Gasteiger partial charge < -0.3 is 19.5 Å². The van der Waals surface area contributed by atoms with Crippen molar-refractivity contribution in [2.45, 2.75) is 38.3 Å². The van der Waals surface area contributed by atoms with E-state index in [1.807, 2.05) is 42.5 Å². The van der Waals surface area contributed by atoms with E-state index in [4.69, 9.17) is 9.47 Å². The zero-order chi connectivity index (χ0) is 24.5. The Morgan fingerprint density at radius 3 is 2.43 bits per heavy atom. The Bertz CT molecular complexity index is 935. The highest BCUT2D eigenvalue weighted by Gasteiger charge is 2.36. The lowest BCUT2D eigenvalue weighted by atomic mass is 10.0. The minimum Gasteiger partial charge on any atom is -0.492 e. The summed E-state index contributed by atoms with van der Waals surface area (Å²) < 4.78 is 12.0. The van der Waals surface area contributed by atoms with E-state index in [-0.39, 0.29) is 19.1 Å². The number of carbonyl (C=O) groups is 1. The second kappa shape index (κ2) is 12.4. The molecule has 2 aliphatic heterocycles. The molecule has 0 saturated carbocycles. The van der Waals surface area contributed by atoms with Crippen molar-refractivity contribution in [3.05, 3.63) is 60.2 Å². The highest BCUT2D eigenvalue weighted by Crippen LogP contribution is 2.21. The molecule has 2 heterocycles. The van der Waals surface area contributed by atoms with Crippen molar-refractivity contribution in [1.29, 1.82) is 0 Å². The van der Waals surface area contributed by atoms with Crippen LogP contribution < -0.4 is 9.47 Å². The summed E-state index contributed by atoms with van der Waals surface area (Å²) in [6, 6.07) is 17.7. The van der Waals surface area contributed by atoms with Gasteiger partial charge >= 0.3 is 0 Å². The fraction of sp³-hybridized carbons (Fsp3) is 0.536. The minimum atomic E-state index is -1.17. The number of ether oxygens (including phenoxy) is 2. The SMILES string of the molecule is CC(=O)N1CCN(Cc2cccc(OCCN3CCCCC3)c2)C[C@@](O)(COc2ccccc2)C1. The van der Waals surface area contributed by atoms with E-state index in [0.717, 1.165) is 17.9 Å². The highest BCUT2D eigenvalue weighted by atomic mass is 16.5. The lowest BCUT2D eigenvalue weighted by Crippen LogP contribution is -2.51. The quantitative estimate of drug-likeness (QED) is 0.594. The highest BCUT2D eigenvalue weighted by molar-refractivity contribution is 5.73. The monoisotopic (exact) mass is 481 g/mol. The number of para-hydroxylation sites is 1. The number of rotatable bonds is 9. The van der Waals surface area contributed by atoms with Gasteiger partial charge in [-0.25, -0.2) is 0 Å². The summed E-state index contributed by atoms with van der Waals surface area (Å²) >= 11 is 0. The second-order valence-electron chi connectivity index (χ2n) is 9.88. The number of amides is 1. The van der Waals surface area contributed by atoms with Crippen LogP contribution in [-0.2, 0) is 11.3 Å². The number of piperidine rings is 1. The first-order valence-electron chi connectivity index (χ1n) is 12.8. The number of carbonyl (C=O) groups excluding carboxylic acids is 1. The zero-order valence-corrected chi connectivity index (χ0v) is 20.9. The Hall–Kier alpha value is -2.61. The standard InChI is InChI=1S/C28H39N3O4/c1-24(32)31-16-15-30(21-28(33,22-31)23-35-26-10-4-2-5-11-26)20-25-9-8-12-27(19-25)34-18-17-29-13-6-3-7-14-29/h2,4-5,8-12,19,33H,3,6-7,13-18,20-23H2,1H3/t28-/m0/s1. The average molecular weight is 482 g/mol. The molecule has 2 aromatic carbocycles. The maximum Gasteiger partial charge on any atom is 0.219 e. The lowest BCUT2D eigenvalue weighted by molar-refractivity contribution is -0.132. The van der Waals surface area contributed by atoms with Crippen LogP contribution in [0.5, 0.6) is 11.5 Å². The maximum absolute atomic E-state index is 12.2. The van der Waals surface area contributed by atoms with Crippen molar-refractivity contribution in [3.8, 4) is 11.5 Å². The van der Waals surface area contributed by atoms with Crippen LogP contribution in [0.15, 0.2) is 54.6 Å². The minimum absolute atomic E-state index is 0.0333. The van der Waals surface area contributed by atoms with Crippen LogP contribution in [0.4, 0.5) is 0 Å². The lowest BCUT2D eigenvalue weighted by Gasteiger charge is -2.32. The van der Waals surface area contributed by atoms with Crippen LogP contribution >= 0.6 is 0 Å². The van der Waals surface area contributed by atoms with Crippen molar-refractivity contribution < 1.29 is 19.4 Å². The van der Waals surface area contributed by atoms with Crippen molar-refractivity contribution in [2.24, 2.45) is 0 Å². The molecular weight excluding hydrogens is 442 g/mol. The van der Waals surface area contributed by atoms with Gasteiger partial charge in [0.1, 0.15) is 30.3 Å².